The maximum Gasteiger partial charge on any atom is 0.343 e. The van der Waals surface area contributed by atoms with E-state index in [4.69, 9.17) is 9.47 Å². The number of aliphatic imine (C=N–C) groups is 1. The Morgan fingerprint density at radius 2 is 1.79 bits per heavy atom. The molecular formula is C22H23N3O4. The Morgan fingerprint density at radius 1 is 1.07 bits per heavy atom. The fourth-order valence-electron chi connectivity index (χ4n) is 2.92. The van der Waals surface area contributed by atoms with Gasteiger partial charge in [-0.3, -0.25) is 4.79 Å². The average molecular weight is 393 g/mol. The van der Waals surface area contributed by atoms with E-state index in [0.29, 0.717) is 29.1 Å². The molecule has 29 heavy (non-hydrogen) atoms. The van der Waals surface area contributed by atoms with Crippen LogP contribution in [-0.4, -0.2) is 31.4 Å². The molecule has 150 valence electrons. The highest BCUT2D eigenvalue weighted by Crippen LogP contribution is 2.31. The van der Waals surface area contributed by atoms with Crippen molar-refractivity contribution in [3.05, 3.63) is 65.4 Å². The monoisotopic (exact) mass is 393 g/mol. The van der Waals surface area contributed by atoms with Crippen molar-refractivity contribution in [2.45, 2.75) is 20.3 Å². The summed E-state index contributed by atoms with van der Waals surface area (Å²) < 4.78 is 10.4. The van der Waals surface area contributed by atoms with E-state index < -0.39 is 5.97 Å². The number of nitrogens with zero attached hydrogens (tertiary/aromatic N) is 1. The molecule has 0 fully saturated rings. The van der Waals surface area contributed by atoms with Crippen molar-refractivity contribution in [3.8, 4) is 5.75 Å². The first-order valence-electron chi connectivity index (χ1n) is 9.38. The molecule has 3 rings (SSSR count). The van der Waals surface area contributed by atoms with Crippen LogP contribution in [0.5, 0.6) is 5.75 Å². The Morgan fingerprint density at radius 3 is 2.45 bits per heavy atom. The van der Waals surface area contributed by atoms with Gasteiger partial charge in [-0.25, -0.2) is 9.79 Å². The number of benzene rings is 2. The highest BCUT2D eigenvalue weighted by Gasteiger charge is 2.27. The van der Waals surface area contributed by atoms with Crippen molar-refractivity contribution in [2.24, 2.45) is 4.99 Å². The van der Waals surface area contributed by atoms with Gasteiger partial charge in [0.05, 0.1) is 25.1 Å². The number of para-hydroxylation sites is 2. The van der Waals surface area contributed by atoms with E-state index in [2.05, 4.69) is 15.6 Å². The molecule has 1 aliphatic heterocycles. The number of amidine groups is 1. The maximum absolute atomic E-state index is 12.8. The molecule has 0 aromatic heterocycles. The molecule has 0 saturated heterocycles. The first-order valence-corrected chi connectivity index (χ1v) is 9.38. The minimum absolute atomic E-state index is 0.151. The third kappa shape index (κ3) is 4.45. The minimum Gasteiger partial charge on any atom is -0.497 e. The highest BCUT2D eigenvalue weighted by molar-refractivity contribution is 6.25. The van der Waals surface area contributed by atoms with Crippen LogP contribution in [0, 0.1) is 0 Å². The molecule has 0 unspecified atom stereocenters. The van der Waals surface area contributed by atoms with Crippen LogP contribution in [0.25, 0.3) is 0 Å². The van der Waals surface area contributed by atoms with Crippen LogP contribution < -0.4 is 15.4 Å². The lowest BCUT2D eigenvalue weighted by atomic mass is 10.1. The number of ether oxygens (including phenoxy) is 2. The molecule has 2 N–H and O–H groups in total. The zero-order valence-corrected chi connectivity index (χ0v) is 16.6. The van der Waals surface area contributed by atoms with Gasteiger partial charge in [0.25, 0.3) is 5.91 Å². The summed E-state index contributed by atoms with van der Waals surface area (Å²) >= 11 is 0. The molecule has 0 radical (unpaired) electrons. The smallest absolute Gasteiger partial charge is 0.343 e. The summed E-state index contributed by atoms with van der Waals surface area (Å²) in [6.45, 7) is 3.86. The van der Waals surface area contributed by atoms with Crippen molar-refractivity contribution in [3.63, 3.8) is 0 Å². The number of esters is 1. The Kier molecular flexibility index (Phi) is 6.29. The van der Waals surface area contributed by atoms with E-state index in [1.165, 1.54) is 0 Å². The second kappa shape index (κ2) is 9.05. The molecule has 0 bridgehead atoms. The molecular weight excluding hydrogens is 370 g/mol. The van der Waals surface area contributed by atoms with Crippen molar-refractivity contribution in [1.82, 2.24) is 5.32 Å². The van der Waals surface area contributed by atoms with Crippen molar-refractivity contribution >= 4 is 29.1 Å². The van der Waals surface area contributed by atoms with Crippen LogP contribution in [0.1, 0.15) is 30.6 Å². The Bertz CT molecular complexity index is 978. The van der Waals surface area contributed by atoms with Gasteiger partial charge in [0.15, 0.2) is 0 Å². The van der Waals surface area contributed by atoms with Gasteiger partial charge in [0.2, 0.25) is 0 Å². The molecule has 1 heterocycles. The molecule has 7 heteroatoms. The second-order valence-electron chi connectivity index (χ2n) is 6.21. The number of nitrogens with one attached hydrogen (secondary N) is 2. The average Bonchev–Trinajstić information content (AvgIpc) is 2.90. The molecule has 2 aromatic carbocycles. The minimum atomic E-state index is -0.543. The van der Waals surface area contributed by atoms with Gasteiger partial charge in [-0.15, -0.1) is 0 Å². The van der Waals surface area contributed by atoms with Crippen LogP contribution >= 0.6 is 0 Å². The van der Waals surface area contributed by atoms with Gasteiger partial charge >= 0.3 is 5.97 Å². The van der Waals surface area contributed by atoms with Gasteiger partial charge in [0.1, 0.15) is 17.2 Å². The van der Waals surface area contributed by atoms with Crippen LogP contribution in [0.2, 0.25) is 0 Å². The highest BCUT2D eigenvalue weighted by atomic mass is 16.5. The van der Waals surface area contributed by atoms with Crippen molar-refractivity contribution < 1.29 is 19.1 Å². The lowest BCUT2D eigenvalue weighted by Gasteiger charge is -2.15. The normalized spacial score (nSPS) is 12.9. The summed E-state index contributed by atoms with van der Waals surface area (Å²) in [6, 6.07) is 14.1. The van der Waals surface area contributed by atoms with Gasteiger partial charge in [0, 0.05) is 11.3 Å². The summed E-state index contributed by atoms with van der Waals surface area (Å²) in [6.07, 6.45) is 0.528. The second-order valence-corrected chi connectivity index (χ2v) is 6.21. The van der Waals surface area contributed by atoms with Gasteiger partial charge in [-0.2, -0.15) is 0 Å². The lowest BCUT2D eigenvalue weighted by Crippen LogP contribution is -2.35. The fraction of sp³-hybridized carbons (Fsp3) is 0.227. The lowest BCUT2D eigenvalue weighted by molar-refractivity contribution is -0.137. The summed E-state index contributed by atoms with van der Waals surface area (Å²) in [5.74, 6) is -0.132. The zero-order chi connectivity index (χ0) is 20.8. The maximum atomic E-state index is 12.8. The topological polar surface area (TPSA) is 89.0 Å². The number of hydrogen-bond donors (Lipinski definition) is 2. The van der Waals surface area contributed by atoms with E-state index in [-0.39, 0.29) is 23.9 Å². The van der Waals surface area contributed by atoms with E-state index in [0.717, 1.165) is 5.69 Å². The zero-order valence-electron chi connectivity index (χ0n) is 16.6. The number of rotatable bonds is 5. The summed E-state index contributed by atoms with van der Waals surface area (Å²) in [5, 5.41) is 6.03. The van der Waals surface area contributed by atoms with E-state index >= 15 is 0 Å². The number of amides is 1. The quantitative estimate of drug-likeness (QED) is 0.754. The summed E-state index contributed by atoms with van der Waals surface area (Å²) in [5.41, 5.74) is 2.62. The van der Waals surface area contributed by atoms with Gasteiger partial charge in [-0.05, 0) is 49.7 Å². The Labute approximate surface area is 169 Å². The number of methoxy groups -OCH3 is 1. The summed E-state index contributed by atoms with van der Waals surface area (Å²) in [4.78, 5) is 30.1. The molecule has 1 amide bonds. The first kappa shape index (κ1) is 20.1. The third-order valence-electron chi connectivity index (χ3n) is 4.38. The SMILES string of the molecule is CCOC(=O)C1=C(CC)Nc2ccccc2N=C1NC(=O)c1ccc(OC)cc1. The van der Waals surface area contributed by atoms with Crippen molar-refractivity contribution in [1.29, 1.82) is 0 Å². The van der Waals surface area contributed by atoms with E-state index in [1.54, 1.807) is 38.3 Å². The first-order chi connectivity index (χ1) is 14.1. The number of anilines is 1. The molecule has 7 nitrogen and oxygen atoms in total. The number of fused-ring (bicyclic) bond motifs is 1. The Hall–Kier alpha value is -3.61. The number of hydrogen-bond acceptors (Lipinski definition) is 6. The van der Waals surface area contributed by atoms with Crippen LogP contribution in [0.4, 0.5) is 11.4 Å². The largest absolute Gasteiger partial charge is 0.497 e. The fourth-order valence-corrected chi connectivity index (χ4v) is 2.92. The van der Waals surface area contributed by atoms with Gasteiger partial charge in [-0.1, -0.05) is 19.1 Å². The molecule has 1 aliphatic rings. The van der Waals surface area contributed by atoms with Gasteiger partial charge < -0.3 is 20.1 Å². The number of allylic oxidation sites excluding steroid dienone is 1. The van der Waals surface area contributed by atoms with Crippen LogP contribution in [-0.2, 0) is 9.53 Å². The van der Waals surface area contributed by atoms with E-state index in [1.807, 2.05) is 31.2 Å². The molecule has 0 saturated carbocycles. The number of carbonyl (C=O) groups excluding carboxylic acids is 2. The number of carbonyl (C=O) groups is 2. The van der Waals surface area contributed by atoms with E-state index in [9.17, 15) is 9.59 Å². The third-order valence-corrected chi connectivity index (χ3v) is 4.38. The van der Waals surface area contributed by atoms with Crippen LogP contribution in [0.15, 0.2) is 64.8 Å². The molecule has 0 spiro atoms. The Balaban J connectivity index is 2.03. The predicted molar refractivity (Wildman–Crippen MR) is 112 cm³/mol. The standard InChI is InChI=1S/C22H23N3O4/c1-4-16-19(22(27)29-5-2)20(24-18-9-7-6-8-17(18)23-16)25-21(26)14-10-12-15(28-3)13-11-14/h6-13,23H,4-5H2,1-3H3,(H,24,25,26). The van der Waals surface area contributed by atoms with Crippen molar-refractivity contribution in [2.75, 3.05) is 19.0 Å². The van der Waals surface area contributed by atoms with Crippen LogP contribution in [0.3, 0.4) is 0 Å². The molecule has 0 atom stereocenters. The summed E-state index contributed by atoms with van der Waals surface area (Å²) in [7, 11) is 1.56. The molecule has 2 aromatic rings. The predicted octanol–water partition coefficient (Wildman–Crippen LogP) is 3.81. The molecule has 0 aliphatic carbocycles.